The highest BCUT2D eigenvalue weighted by molar-refractivity contribution is 5.78. The van der Waals surface area contributed by atoms with E-state index in [0.717, 1.165) is 24.3 Å². The van der Waals surface area contributed by atoms with E-state index in [1.807, 2.05) is 0 Å². The second-order valence-electron chi connectivity index (χ2n) is 6.60. The van der Waals surface area contributed by atoms with E-state index in [9.17, 15) is 0 Å². The Bertz CT molecular complexity index is 568. The lowest BCUT2D eigenvalue weighted by molar-refractivity contribution is 0.334. The fourth-order valence-electron chi connectivity index (χ4n) is 2.83. The van der Waals surface area contributed by atoms with Gasteiger partial charge >= 0.3 is 0 Å². The number of aryl methyl sites for hydroxylation is 1. The molecule has 1 N–H and O–H groups in total. The van der Waals surface area contributed by atoms with E-state index in [0.29, 0.717) is 6.04 Å². The van der Waals surface area contributed by atoms with Crippen LogP contribution >= 0.6 is 0 Å². The summed E-state index contributed by atoms with van der Waals surface area (Å²) in [6, 6.07) is 9.07. The number of rotatable bonds is 6. The van der Waals surface area contributed by atoms with Crippen LogP contribution in [0.3, 0.4) is 0 Å². The molecule has 1 atom stereocenters. The summed E-state index contributed by atoms with van der Waals surface area (Å²) < 4.78 is 6.07. The molecular weight excluding hydrogens is 246 g/mol. The molecule has 2 heteroatoms. The SMILES string of the molecule is CCCNC(C)CC(C)(C)c1cc2cc(C)ccc2o1. The summed E-state index contributed by atoms with van der Waals surface area (Å²) in [4.78, 5) is 0. The summed E-state index contributed by atoms with van der Waals surface area (Å²) in [6.07, 6.45) is 2.25. The standard InChI is InChI=1S/C18H27NO/c1-6-9-19-14(3)12-18(4,5)17-11-15-10-13(2)7-8-16(15)20-17/h7-8,10-11,14,19H,6,9,12H2,1-5H3. The molecular formula is C18H27NO. The second-order valence-corrected chi connectivity index (χ2v) is 6.60. The van der Waals surface area contributed by atoms with Crippen molar-refractivity contribution in [2.24, 2.45) is 0 Å². The first-order chi connectivity index (χ1) is 9.42. The van der Waals surface area contributed by atoms with Gasteiger partial charge in [-0.2, -0.15) is 0 Å². The number of fused-ring (bicyclic) bond motifs is 1. The molecule has 0 spiro atoms. The van der Waals surface area contributed by atoms with E-state index >= 15 is 0 Å². The van der Waals surface area contributed by atoms with Crippen molar-refractivity contribution in [3.8, 4) is 0 Å². The third-order valence-electron chi connectivity index (χ3n) is 3.90. The fourth-order valence-corrected chi connectivity index (χ4v) is 2.83. The Morgan fingerprint density at radius 3 is 2.70 bits per heavy atom. The molecule has 1 unspecified atom stereocenters. The molecule has 110 valence electrons. The van der Waals surface area contributed by atoms with Gasteiger partial charge in [-0.15, -0.1) is 0 Å². The summed E-state index contributed by atoms with van der Waals surface area (Å²) >= 11 is 0. The average molecular weight is 273 g/mol. The lowest BCUT2D eigenvalue weighted by Crippen LogP contribution is -2.33. The van der Waals surface area contributed by atoms with Crippen LogP contribution < -0.4 is 5.32 Å². The summed E-state index contributed by atoms with van der Waals surface area (Å²) in [7, 11) is 0. The molecule has 2 aromatic rings. The molecule has 0 aliphatic carbocycles. The van der Waals surface area contributed by atoms with Crippen molar-refractivity contribution in [3.05, 3.63) is 35.6 Å². The van der Waals surface area contributed by atoms with Crippen LogP contribution in [0.2, 0.25) is 0 Å². The van der Waals surface area contributed by atoms with Crippen molar-refractivity contribution < 1.29 is 4.42 Å². The van der Waals surface area contributed by atoms with E-state index in [1.54, 1.807) is 0 Å². The van der Waals surface area contributed by atoms with Gasteiger partial charge in [-0.05, 0) is 51.4 Å². The number of furan rings is 1. The van der Waals surface area contributed by atoms with Gasteiger partial charge < -0.3 is 9.73 Å². The number of benzene rings is 1. The van der Waals surface area contributed by atoms with Crippen molar-refractivity contribution in [2.45, 2.75) is 58.9 Å². The normalized spacial score (nSPS) is 13.8. The molecule has 0 aliphatic heterocycles. The molecule has 1 aromatic carbocycles. The molecule has 0 aliphatic rings. The molecule has 0 saturated heterocycles. The van der Waals surface area contributed by atoms with E-state index in [1.165, 1.54) is 17.4 Å². The van der Waals surface area contributed by atoms with E-state index < -0.39 is 0 Å². The van der Waals surface area contributed by atoms with Gasteiger partial charge in [0.25, 0.3) is 0 Å². The van der Waals surface area contributed by atoms with Gasteiger partial charge in [-0.1, -0.05) is 32.4 Å². The Morgan fingerprint density at radius 1 is 1.25 bits per heavy atom. The molecule has 0 amide bonds. The van der Waals surface area contributed by atoms with Crippen LogP contribution in [0.15, 0.2) is 28.7 Å². The van der Waals surface area contributed by atoms with E-state index in [-0.39, 0.29) is 5.41 Å². The number of nitrogens with one attached hydrogen (secondary N) is 1. The van der Waals surface area contributed by atoms with Gasteiger partial charge in [0.2, 0.25) is 0 Å². The number of hydrogen-bond donors (Lipinski definition) is 1. The highest BCUT2D eigenvalue weighted by atomic mass is 16.3. The van der Waals surface area contributed by atoms with E-state index in [2.05, 4.69) is 64.2 Å². The maximum Gasteiger partial charge on any atom is 0.134 e. The summed E-state index contributed by atoms with van der Waals surface area (Å²) in [6.45, 7) is 12.2. The first-order valence-electron chi connectivity index (χ1n) is 7.66. The lowest BCUT2D eigenvalue weighted by Gasteiger charge is -2.26. The molecule has 0 bridgehead atoms. The molecule has 1 aromatic heterocycles. The summed E-state index contributed by atoms with van der Waals surface area (Å²) in [5.74, 6) is 1.09. The van der Waals surface area contributed by atoms with Crippen LogP contribution in [-0.2, 0) is 5.41 Å². The first kappa shape index (κ1) is 15.1. The first-order valence-corrected chi connectivity index (χ1v) is 7.66. The average Bonchev–Trinajstić information content (AvgIpc) is 2.79. The minimum absolute atomic E-state index is 0.0487. The predicted molar refractivity (Wildman–Crippen MR) is 86.3 cm³/mol. The summed E-state index contributed by atoms with van der Waals surface area (Å²) in [5, 5.41) is 4.77. The Balaban J connectivity index is 2.18. The van der Waals surface area contributed by atoms with Crippen molar-refractivity contribution in [1.82, 2.24) is 5.32 Å². The Labute approximate surface area is 122 Å². The quantitative estimate of drug-likeness (QED) is 0.818. The lowest BCUT2D eigenvalue weighted by atomic mass is 9.83. The molecule has 2 rings (SSSR count). The zero-order valence-electron chi connectivity index (χ0n) is 13.4. The zero-order valence-corrected chi connectivity index (χ0v) is 13.4. The van der Waals surface area contributed by atoms with Crippen LogP contribution in [-0.4, -0.2) is 12.6 Å². The number of hydrogen-bond acceptors (Lipinski definition) is 2. The Kier molecular flexibility index (Phi) is 4.54. The maximum absolute atomic E-state index is 6.07. The van der Waals surface area contributed by atoms with Crippen molar-refractivity contribution in [2.75, 3.05) is 6.54 Å². The van der Waals surface area contributed by atoms with Crippen LogP contribution in [0.4, 0.5) is 0 Å². The topological polar surface area (TPSA) is 25.2 Å². The van der Waals surface area contributed by atoms with E-state index in [4.69, 9.17) is 4.42 Å². The highest BCUT2D eigenvalue weighted by Crippen LogP contribution is 2.33. The van der Waals surface area contributed by atoms with Crippen LogP contribution in [0.1, 0.15) is 51.9 Å². The van der Waals surface area contributed by atoms with Crippen molar-refractivity contribution in [3.63, 3.8) is 0 Å². The molecule has 2 nitrogen and oxygen atoms in total. The molecule has 0 saturated carbocycles. The zero-order chi connectivity index (χ0) is 14.8. The predicted octanol–water partition coefficient (Wildman–Crippen LogP) is 4.80. The minimum Gasteiger partial charge on any atom is -0.461 e. The Morgan fingerprint density at radius 2 is 2.00 bits per heavy atom. The monoisotopic (exact) mass is 273 g/mol. The molecule has 1 heterocycles. The van der Waals surface area contributed by atoms with Gasteiger partial charge in [0.05, 0.1) is 0 Å². The maximum atomic E-state index is 6.07. The van der Waals surface area contributed by atoms with Crippen LogP contribution in [0.5, 0.6) is 0 Å². The van der Waals surface area contributed by atoms with Gasteiger partial charge in [0.15, 0.2) is 0 Å². The van der Waals surface area contributed by atoms with Gasteiger partial charge in [-0.3, -0.25) is 0 Å². The summed E-state index contributed by atoms with van der Waals surface area (Å²) in [5.41, 5.74) is 2.32. The second kappa shape index (κ2) is 6.01. The van der Waals surface area contributed by atoms with Gasteiger partial charge in [-0.25, -0.2) is 0 Å². The smallest absolute Gasteiger partial charge is 0.134 e. The van der Waals surface area contributed by atoms with Crippen molar-refractivity contribution >= 4 is 11.0 Å². The third-order valence-corrected chi connectivity index (χ3v) is 3.90. The largest absolute Gasteiger partial charge is 0.461 e. The third kappa shape index (κ3) is 3.43. The fraction of sp³-hybridized carbons (Fsp3) is 0.556. The molecule has 20 heavy (non-hydrogen) atoms. The molecule has 0 radical (unpaired) electrons. The highest BCUT2D eigenvalue weighted by Gasteiger charge is 2.27. The van der Waals surface area contributed by atoms with Crippen LogP contribution in [0.25, 0.3) is 11.0 Å². The van der Waals surface area contributed by atoms with Crippen molar-refractivity contribution in [1.29, 1.82) is 0 Å². The van der Waals surface area contributed by atoms with Crippen LogP contribution in [0, 0.1) is 6.92 Å². The molecule has 0 fully saturated rings. The Hall–Kier alpha value is -1.28. The van der Waals surface area contributed by atoms with Gasteiger partial charge in [0.1, 0.15) is 11.3 Å². The van der Waals surface area contributed by atoms with Gasteiger partial charge in [0, 0.05) is 16.8 Å². The minimum atomic E-state index is 0.0487.